The van der Waals surface area contributed by atoms with Crippen molar-refractivity contribution in [3.63, 3.8) is 0 Å². The molecule has 1 saturated heterocycles. The third-order valence-electron chi connectivity index (χ3n) is 6.90. The van der Waals surface area contributed by atoms with Gasteiger partial charge in [-0.15, -0.1) is 11.3 Å². The van der Waals surface area contributed by atoms with E-state index in [1.165, 1.54) is 10.5 Å². The molecule has 7 heteroatoms. The van der Waals surface area contributed by atoms with Gasteiger partial charge in [0.15, 0.2) is 6.21 Å². The highest BCUT2D eigenvalue weighted by molar-refractivity contribution is 7.09. The molecule has 4 unspecified atom stereocenters. The zero-order chi connectivity index (χ0) is 27.8. The van der Waals surface area contributed by atoms with Gasteiger partial charge in [0.25, 0.3) is 5.91 Å². The van der Waals surface area contributed by atoms with Crippen molar-refractivity contribution in [2.45, 2.75) is 112 Å². The van der Waals surface area contributed by atoms with E-state index in [9.17, 15) is 9.59 Å². The van der Waals surface area contributed by atoms with E-state index < -0.39 is 0 Å². The average molecular weight is 530 g/mol. The van der Waals surface area contributed by atoms with Crippen LogP contribution < -0.4 is 10.6 Å². The summed E-state index contributed by atoms with van der Waals surface area (Å²) in [6, 6.07) is -0.335. The standard InChI is InChI=1S/C28H42N4O2S.C2H6/c1-18(2)15-23(21-10-12-22(13-11-21)26-19(3)29-17-35-26)31-27(34)24-9-8-14-32(24)16-25(28(5,6)7)30-20(4)33;1-2/h10-12,16-18,22-25H,8-9,13-15H2,1-7H3,(H-,30,31,33,34);1-2H3/p+1. The van der Waals surface area contributed by atoms with E-state index in [0.29, 0.717) is 11.8 Å². The van der Waals surface area contributed by atoms with Gasteiger partial charge in [0.2, 0.25) is 11.9 Å². The first-order valence-corrected chi connectivity index (χ1v) is 14.8. The molecule has 1 fully saturated rings. The van der Waals surface area contributed by atoms with Crippen LogP contribution in [-0.4, -0.2) is 52.3 Å². The van der Waals surface area contributed by atoms with Gasteiger partial charge in [0.1, 0.15) is 12.6 Å². The number of carbonyl (C=O) groups is 2. The molecule has 37 heavy (non-hydrogen) atoms. The number of amides is 2. The molecule has 2 heterocycles. The van der Waals surface area contributed by atoms with E-state index >= 15 is 0 Å². The maximum Gasteiger partial charge on any atom is 0.289 e. The summed E-state index contributed by atoms with van der Waals surface area (Å²) in [5.74, 6) is 0.854. The highest BCUT2D eigenvalue weighted by Crippen LogP contribution is 2.33. The fourth-order valence-corrected chi connectivity index (χ4v) is 5.81. The number of nitrogens with zero attached hydrogens (tertiary/aromatic N) is 2. The highest BCUT2D eigenvalue weighted by atomic mass is 32.1. The first-order valence-electron chi connectivity index (χ1n) is 13.9. The Morgan fingerprint density at radius 3 is 2.46 bits per heavy atom. The molecule has 2 aliphatic rings. The molecule has 1 aliphatic carbocycles. The predicted molar refractivity (Wildman–Crippen MR) is 155 cm³/mol. The fraction of sp³-hybridized carbons (Fsp3) is 0.667. The zero-order valence-electron chi connectivity index (χ0n) is 24.4. The maximum absolute atomic E-state index is 13.5. The number of allylic oxidation sites excluding steroid dienone is 2. The summed E-state index contributed by atoms with van der Waals surface area (Å²) in [5, 5.41) is 6.44. The fourth-order valence-electron chi connectivity index (χ4n) is 4.91. The summed E-state index contributed by atoms with van der Waals surface area (Å²) in [7, 11) is 0. The van der Waals surface area contributed by atoms with Gasteiger partial charge in [0, 0.05) is 30.6 Å². The summed E-state index contributed by atoms with van der Waals surface area (Å²) in [6.45, 7) is 19.2. The Hall–Kier alpha value is -2.28. The third-order valence-corrected chi connectivity index (χ3v) is 7.97. The zero-order valence-corrected chi connectivity index (χ0v) is 25.2. The lowest BCUT2D eigenvalue weighted by Gasteiger charge is -2.27. The Labute approximate surface area is 228 Å². The summed E-state index contributed by atoms with van der Waals surface area (Å²) < 4.78 is 2.14. The maximum atomic E-state index is 13.5. The smallest absolute Gasteiger partial charge is 0.289 e. The lowest BCUT2D eigenvalue weighted by Crippen LogP contribution is -2.49. The van der Waals surface area contributed by atoms with E-state index in [4.69, 9.17) is 0 Å². The van der Waals surface area contributed by atoms with Crippen molar-refractivity contribution in [3.8, 4) is 0 Å². The molecule has 1 aromatic heterocycles. The van der Waals surface area contributed by atoms with Gasteiger partial charge in [0.05, 0.1) is 17.2 Å². The van der Waals surface area contributed by atoms with Gasteiger partial charge in [-0.1, -0.05) is 66.7 Å². The molecule has 1 aliphatic heterocycles. The summed E-state index contributed by atoms with van der Waals surface area (Å²) in [5.41, 5.74) is 4.09. The van der Waals surface area contributed by atoms with Gasteiger partial charge >= 0.3 is 0 Å². The molecule has 1 aromatic rings. The molecule has 0 bridgehead atoms. The van der Waals surface area contributed by atoms with Crippen LogP contribution in [0.15, 0.2) is 29.3 Å². The Kier molecular flexibility index (Phi) is 11.7. The van der Waals surface area contributed by atoms with Crippen LogP contribution in [0.2, 0.25) is 0 Å². The minimum Gasteiger partial charge on any atom is -0.344 e. The number of carbonyl (C=O) groups excluding carboxylic acids is 2. The normalized spacial score (nSPS) is 22.2. The SMILES string of the molecule is CC.CC(=O)NC(C=[N+]1CCCC1C(=O)NC(CC(C)C)C1=CCC(c2scnc2C)C=C1)C(C)(C)C. The van der Waals surface area contributed by atoms with Gasteiger partial charge in [-0.05, 0) is 36.7 Å². The van der Waals surface area contributed by atoms with Crippen molar-refractivity contribution in [2.24, 2.45) is 11.3 Å². The number of hydrogen-bond acceptors (Lipinski definition) is 4. The summed E-state index contributed by atoms with van der Waals surface area (Å²) in [4.78, 5) is 31.0. The van der Waals surface area contributed by atoms with Crippen LogP contribution >= 0.6 is 11.3 Å². The van der Waals surface area contributed by atoms with Gasteiger partial charge in [-0.3, -0.25) is 9.59 Å². The Morgan fingerprint density at radius 1 is 1.24 bits per heavy atom. The van der Waals surface area contributed by atoms with Crippen molar-refractivity contribution < 1.29 is 14.2 Å². The predicted octanol–water partition coefficient (Wildman–Crippen LogP) is 5.78. The van der Waals surface area contributed by atoms with Crippen molar-refractivity contribution in [2.75, 3.05) is 6.54 Å². The number of hydrogen-bond donors (Lipinski definition) is 2. The minimum atomic E-state index is -0.205. The second-order valence-corrected chi connectivity index (χ2v) is 12.4. The van der Waals surface area contributed by atoms with Crippen molar-refractivity contribution in [1.29, 1.82) is 0 Å². The molecule has 0 spiro atoms. The second kappa shape index (κ2) is 14.0. The highest BCUT2D eigenvalue weighted by Gasteiger charge is 2.38. The summed E-state index contributed by atoms with van der Waals surface area (Å²) >= 11 is 1.72. The van der Waals surface area contributed by atoms with Crippen LogP contribution in [0.3, 0.4) is 0 Å². The van der Waals surface area contributed by atoms with Crippen molar-refractivity contribution >= 4 is 29.4 Å². The Morgan fingerprint density at radius 2 is 1.95 bits per heavy atom. The third kappa shape index (κ3) is 8.91. The molecule has 206 valence electrons. The molecule has 0 aromatic carbocycles. The first-order chi connectivity index (χ1) is 17.5. The Bertz CT molecular complexity index is 999. The van der Waals surface area contributed by atoms with Crippen LogP contribution in [0.4, 0.5) is 0 Å². The molecule has 4 atom stereocenters. The summed E-state index contributed by atoms with van der Waals surface area (Å²) in [6.07, 6.45) is 12.5. The van der Waals surface area contributed by atoms with Crippen LogP contribution in [0.5, 0.6) is 0 Å². The molecule has 3 rings (SSSR count). The lowest BCUT2D eigenvalue weighted by molar-refractivity contribution is -0.528. The topological polar surface area (TPSA) is 74.1 Å². The number of aryl methyl sites for hydroxylation is 1. The number of thiazole rings is 1. The van der Waals surface area contributed by atoms with Crippen molar-refractivity contribution in [1.82, 2.24) is 15.6 Å². The Balaban J connectivity index is 0.00000235. The monoisotopic (exact) mass is 529 g/mol. The molecule has 0 saturated carbocycles. The van der Waals surface area contributed by atoms with E-state index in [-0.39, 0.29) is 35.4 Å². The van der Waals surface area contributed by atoms with E-state index in [0.717, 1.165) is 37.9 Å². The molecular formula is C30H49N4O2S+. The second-order valence-electron chi connectivity index (χ2n) is 11.5. The van der Waals surface area contributed by atoms with E-state index in [1.807, 2.05) is 19.4 Å². The lowest BCUT2D eigenvalue weighted by atomic mass is 9.87. The molecule has 2 N–H and O–H groups in total. The van der Waals surface area contributed by atoms with E-state index in [2.05, 4.69) is 86.2 Å². The van der Waals surface area contributed by atoms with E-state index in [1.54, 1.807) is 18.3 Å². The molecule has 2 amide bonds. The van der Waals surface area contributed by atoms with Crippen LogP contribution in [-0.2, 0) is 9.59 Å². The van der Waals surface area contributed by atoms with Crippen molar-refractivity contribution in [3.05, 3.63) is 39.9 Å². The van der Waals surface area contributed by atoms with Gasteiger partial charge in [-0.25, -0.2) is 9.56 Å². The largest absolute Gasteiger partial charge is 0.344 e. The quantitative estimate of drug-likeness (QED) is 0.420. The molecular weight excluding hydrogens is 480 g/mol. The average Bonchev–Trinajstić information content (AvgIpc) is 3.47. The van der Waals surface area contributed by atoms with Crippen LogP contribution in [0, 0.1) is 18.3 Å². The number of nitrogens with one attached hydrogen (secondary N) is 2. The van der Waals surface area contributed by atoms with Gasteiger partial charge in [-0.2, -0.15) is 0 Å². The molecule has 6 nitrogen and oxygen atoms in total. The number of rotatable bonds is 8. The van der Waals surface area contributed by atoms with Gasteiger partial charge < -0.3 is 10.6 Å². The first kappa shape index (κ1) is 30.9. The number of aromatic nitrogens is 1. The van der Waals surface area contributed by atoms with Crippen LogP contribution in [0.1, 0.15) is 97.6 Å². The molecule has 0 radical (unpaired) electrons. The minimum absolute atomic E-state index is 0.00142. The van der Waals surface area contributed by atoms with Crippen LogP contribution in [0.25, 0.3) is 0 Å².